The Hall–Kier alpha value is -1.18. The average molecular weight is 299 g/mol. The Labute approximate surface area is 125 Å². The van der Waals surface area contributed by atoms with Gasteiger partial charge in [-0.05, 0) is 20.3 Å². The maximum atomic E-state index is 12.0. The second-order valence-electron chi connectivity index (χ2n) is 6.11. The Morgan fingerprint density at radius 2 is 2.14 bits per heavy atom. The van der Waals surface area contributed by atoms with Gasteiger partial charge in [-0.3, -0.25) is 14.6 Å². The highest BCUT2D eigenvalue weighted by Gasteiger charge is 2.43. The fourth-order valence-electron chi connectivity index (χ4n) is 2.74. The Kier molecular flexibility index (Phi) is 5.18. The summed E-state index contributed by atoms with van der Waals surface area (Å²) < 4.78 is 10.7. The summed E-state index contributed by atoms with van der Waals surface area (Å²) in [6, 6.07) is -0.288. The van der Waals surface area contributed by atoms with Crippen LogP contribution in [0.3, 0.4) is 0 Å². The number of hydrogen-bond donors (Lipinski definition) is 1. The van der Waals surface area contributed by atoms with Gasteiger partial charge < -0.3 is 14.8 Å². The third-order valence-corrected chi connectivity index (χ3v) is 3.88. The number of methoxy groups -OCH3 is 1. The molecular weight excluding hydrogens is 274 g/mol. The van der Waals surface area contributed by atoms with E-state index in [1.54, 1.807) is 21.0 Å². The molecule has 7 nitrogen and oxygen atoms in total. The van der Waals surface area contributed by atoms with Crippen LogP contribution in [0, 0.1) is 0 Å². The van der Waals surface area contributed by atoms with E-state index < -0.39 is 5.54 Å². The predicted octanol–water partition coefficient (Wildman–Crippen LogP) is 0.0541. The van der Waals surface area contributed by atoms with Crippen LogP contribution < -0.4 is 5.32 Å². The first-order chi connectivity index (χ1) is 9.94. The van der Waals surface area contributed by atoms with Crippen molar-refractivity contribution in [1.29, 1.82) is 0 Å². The molecule has 1 unspecified atom stereocenters. The van der Waals surface area contributed by atoms with Gasteiger partial charge in [0, 0.05) is 33.3 Å². The van der Waals surface area contributed by atoms with Crippen LogP contribution in [-0.2, 0) is 14.3 Å². The van der Waals surface area contributed by atoms with Gasteiger partial charge in [0.2, 0.25) is 0 Å². The number of ether oxygens (including phenoxy) is 2. The second kappa shape index (κ2) is 6.72. The molecule has 2 saturated heterocycles. The Balaban J connectivity index is 1.74. The number of rotatable bonds is 6. The molecule has 2 rings (SSSR count). The fraction of sp³-hybridized carbons (Fsp3) is 0.857. The molecule has 2 aliphatic rings. The molecule has 21 heavy (non-hydrogen) atoms. The van der Waals surface area contributed by atoms with Gasteiger partial charge in [-0.1, -0.05) is 0 Å². The van der Waals surface area contributed by atoms with Gasteiger partial charge in [0.15, 0.2) is 0 Å². The highest BCUT2D eigenvalue weighted by Crippen LogP contribution is 2.17. The number of urea groups is 1. The Bertz CT molecular complexity index is 398. The number of hydrogen-bond acceptors (Lipinski definition) is 5. The zero-order valence-electron chi connectivity index (χ0n) is 13.1. The number of carbonyl (C=O) groups is 2. The van der Waals surface area contributed by atoms with Crippen LogP contribution in [0.2, 0.25) is 0 Å². The molecule has 0 saturated carbocycles. The monoisotopic (exact) mass is 299 g/mol. The summed E-state index contributed by atoms with van der Waals surface area (Å²) in [5.74, 6) is -0.147. The van der Waals surface area contributed by atoms with Crippen molar-refractivity contribution in [3.8, 4) is 0 Å². The highest BCUT2D eigenvalue weighted by atomic mass is 16.5. The normalized spacial score (nSPS) is 26.2. The minimum atomic E-state index is -0.778. The van der Waals surface area contributed by atoms with Gasteiger partial charge in [0.05, 0.1) is 19.3 Å². The van der Waals surface area contributed by atoms with Crippen molar-refractivity contribution in [2.45, 2.75) is 31.9 Å². The summed E-state index contributed by atoms with van der Waals surface area (Å²) in [4.78, 5) is 27.4. The van der Waals surface area contributed by atoms with Crippen LogP contribution in [0.15, 0.2) is 0 Å². The van der Waals surface area contributed by atoms with E-state index in [0.29, 0.717) is 19.8 Å². The van der Waals surface area contributed by atoms with Crippen molar-refractivity contribution < 1.29 is 19.1 Å². The summed E-state index contributed by atoms with van der Waals surface area (Å²) in [6.07, 6.45) is 0.883. The third kappa shape index (κ3) is 3.93. The molecule has 0 radical (unpaired) electrons. The lowest BCUT2D eigenvalue weighted by molar-refractivity contribution is -0.130. The van der Waals surface area contributed by atoms with Gasteiger partial charge in [-0.25, -0.2) is 4.79 Å². The van der Waals surface area contributed by atoms with Crippen molar-refractivity contribution in [3.05, 3.63) is 0 Å². The fourth-order valence-corrected chi connectivity index (χ4v) is 2.74. The molecule has 0 aromatic heterocycles. The topological polar surface area (TPSA) is 71.1 Å². The molecule has 1 N–H and O–H groups in total. The number of carbonyl (C=O) groups excluding carboxylic acids is 2. The van der Waals surface area contributed by atoms with Crippen LogP contribution in [0.5, 0.6) is 0 Å². The zero-order valence-corrected chi connectivity index (χ0v) is 13.1. The van der Waals surface area contributed by atoms with Crippen molar-refractivity contribution in [3.63, 3.8) is 0 Å². The maximum absolute atomic E-state index is 12.0. The largest absolute Gasteiger partial charge is 0.382 e. The molecule has 1 atom stereocenters. The minimum Gasteiger partial charge on any atom is -0.382 e. The van der Waals surface area contributed by atoms with E-state index in [-0.39, 0.29) is 18.0 Å². The summed E-state index contributed by atoms with van der Waals surface area (Å²) >= 11 is 0. The second-order valence-corrected chi connectivity index (χ2v) is 6.11. The molecule has 0 aliphatic carbocycles. The number of imide groups is 1. The SMILES string of the molecule is COCC1CN(CCCN2C(=O)NC(C)(C)C2=O)CCO1. The van der Waals surface area contributed by atoms with Crippen LogP contribution in [0.4, 0.5) is 4.79 Å². The van der Waals surface area contributed by atoms with Crippen LogP contribution in [0.1, 0.15) is 20.3 Å². The summed E-state index contributed by atoms with van der Waals surface area (Å²) in [7, 11) is 1.67. The van der Waals surface area contributed by atoms with Gasteiger partial charge in [-0.2, -0.15) is 0 Å². The summed E-state index contributed by atoms with van der Waals surface area (Å²) in [6.45, 7) is 7.77. The van der Waals surface area contributed by atoms with Crippen LogP contribution >= 0.6 is 0 Å². The van der Waals surface area contributed by atoms with E-state index in [4.69, 9.17) is 9.47 Å². The Morgan fingerprint density at radius 3 is 2.76 bits per heavy atom. The molecule has 0 bridgehead atoms. The van der Waals surface area contributed by atoms with Crippen LogP contribution in [-0.4, -0.2) is 79.9 Å². The molecule has 2 fully saturated rings. The molecule has 7 heteroatoms. The maximum Gasteiger partial charge on any atom is 0.325 e. The number of morpholine rings is 1. The molecule has 3 amide bonds. The van der Waals surface area contributed by atoms with E-state index in [2.05, 4.69) is 10.2 Å². The molecule has 120 valence electrons. The molecule has 0 spiro atoms. The lowest BCUT2D eigenvalue weighted by Gasteiger charge is -2.32. The third-order valence-electron chi connectivity index (χ3n) is 3.88. The predicted molar refractivity (Wildman–Crippen MR) is 77.0 cm³/mol. The Morgan fingerprint density at radius 1 is 1.38 bits per heavy atom. The number of nitrogens with one attached hydrogen (secondary N) is 1. The minimum absolute atomic E-state index is 0.111. The lowest BCUT2D eigenvalue weighted by Crippen LogP contribution is -2.45. The van der Waals surface area contributed by atoms with E-state index >= 15 is 0 Å². The van der Waals surface area contributed by atoms with Gasteiger partial charge in [0.1, 0.15) is 5.54 Å². The van der Waals surface area contributed by atoms with Crippen molar-refractivity contribution in [2.24, 2.45) is 0 Å². The number of amides is 3. The van der Waals surface area contributed by atoms with Crippen molar-refractivity contribution in [1.82, 2.24) is 15.1 Å². The van der Waals surface area contributed by atoms with Gasteiger partial charge in [0.25, 0.3) is 5.91 Å². The summed E-state index contributed by atoms with van der Waals surface area (Å²) in [5, 5.41) is 2.69. The zero-order chi connectivity index (χ0) is 15.5. The smallest absolute Gasteiger partial charge is 0.325 e. The standard InChI is InChI=1S/C14H25N3O4/c1-14(2)12(18)17(13(19)15-14)6-4-5-16-7-8-21-11(9-16)10-20-3/h11H,4-10H2,1-3H3,(H,15,19). The quantitative estimate of drug-likeness (QED) is 0.702. The molecule has 2 heterocycles. The van der Waals surface area contributed by atoms with E-state index in [1.165, 1.54) is 4.90 Å². The molecule has 0 aromatic carbocycles. The first-order valence-electron chi connectivity index (χ1n) is 7.41. The summed E-state index contributed by atoms with van der Waals surface area (Å²) in [5.41, 5.74) is -0.778. The number of nitrogens with zero attached hydrogens (tertiary/aromatic N) is 2. The van der Waals surface area contributed by atoms with E-state index in [9.17, 15) is 9.59 Å². The molecular formula is C14H25N3O4. The van der Waals surface area contributed by atoms with Crippen molar-refractivity contribution in [2.75, 3.05) is 46.5 Å². The van der Waals surface area contributed by atoms with Crippen molar-refractivity contribution >= 4 is 11.9 Å². The van der Waals surface area contributed by atoms with Crippen LogP contribution in [0.25, 0.3) is 0 Å². The molecule has 2 aliphatic heterocycles. The van der Waals surface area contributed by atoms with E-state index in [1.807, 2.05) is 0 Å². The lowest BCUT2D eigenvalue weighted by atomic mass is 10.1. The van der Waals surface area contributed by atoms with Gasteiger partial charge in [-0.15, -0.1) is 0 Å². The highest BCUT2D eigenvalue weighted by molar-refractivity contribution is 6.06. The first-order valence-corrected chi connectivity index (χ1v) is 7.41. The first kappa shape index (κ1) is 16.2. The van der Waals surface area contributed by atoms with E-state index in [0.717, 1.165) is 26.1 Å². The average Bonchev–Trinajstić information content (AvgIpc) is 2.61. The molecule has 0 aromatic rings. The van der Waals surface area contributed by atoms with Gasteiger partial charge >= 0.3 is 6.03 Å².